The largest absolute Gasteiger partial charge is 0.481 e. The Morgan fingerprint density at radius 2 is 0.934 bits per heavy atom. The molecule has 0 spiro atoms. The molecular formula is C59H127N9O8. The number of ether oxygens (including phenoxy) is 2. The van der Waals surface area contributed by atoms with Crippen molar-refractivity contribution >= 4 is 30.3 Å². The molecule has 2 heterocycles. The number of amides is 3. The van der Waals surface area contributed by atoms with E-state index in [9.17, 15) is 24.0 Å². The second-order valence-corrected chi connectivity index (χ2v) is 23.3. The second-order valence-electron chi connectivity index (χ2n) is 23.3. The SMILES string of the molecule is C.CCC(C)N(C)C[C@@H](CC)N(C)C(=O)OC(C)(C)C.CCC(C)NC.CCC(C)NC.CC[C@H](C=O)N(C)C(=O)OC(C)(C)C.CC[C@H](CN(C)C(C)C)N(C)C(=O)C1CCN(C)CC1.CN1CCC(C(=O)O)CC1. The van der Waals surface area contributed by atoms with E-state index < -0.39 is 29.3 Å². The van der Waals surface area contributed by atoms with E-state index in [4.69, 9.17) is 14.6 Å². The van der Waals surface area contributed by atoms with Crippen LogP contribution in [0.25, 0.3) is 0 Å². The summed E-state index contributed by atoms with van der Waals surface area (Å²) in [6.45, 7) is 40.4. The number of likely N-dealkylation sites (tertiary alicyclic amines) is 2. The molecule has 17 heteroatoms. The number of carbonyl (C=O) groups is 5. The molecule has 0 aromatic heterocycles. The summed E-state index contributed by atoms with van der Waals surface area (Å²) in [5, 5.41) is 14.8. The summed E-state index contributed by atoms with van der Waals surface area (Å²) in [6, 6.07) is 2.54. The Kier molecular flexibility index (Phi) is 48.1. The maximum absolute atomic E-state index is 12.6. The lowest BCUT2D eigenvalue weighted by molar-refractivity contribution is -0.143. The number of aldehydes is 1. The van der Waals surface area contributed by atoms with E-state index in [1.165, 1.54) is 17.7 Å². The summed E-state index contributed by atoms with van der Waals surface area (Å²) in [5.74, 6) is -0.138. The van der Waals surface area contributed by atoms with Crippen LogP contribution in [0, 0.1) is 11.8 Å². The number of nitrogens with zero attached hydrogens (tertiary/aromatic N) is 7. The molecule has 2 aliphatic rings. The van der Waals surface area contributed by atoms with Gasteiger partial charge in [-0.1, -0.05) is 49.0 Å². The topological polar surface area (TPSA) is 171 Å². The third kappa shape index (κ3) is 40.1. The van der Waals surface area contributed by atoms with Crippen LogP contribution in [0.1, 0.15) is 189 Å². The Labute approximate surface area is 469 Å². The molecule has 3 N–H and O–H groups in total. The van der Waals surface area contributed by atoms with E-state index in [0.29, 0.717) is 42.5 Å². The van der Waals surface area contributed by atoms with Crippen LogP contribution in [-0.2, 0) is 23.9 Å². The minimum atomic E-state index is -0.631. The van der Waals surface area contributed by atoms with Crippen LogP contribution in [0.15, 0.2) is 0 Å². The zero-order valence-corrected chi connectivity index (χ0v) is 53.5. The molecule has 0 bridgehead atoms. The number of carbonyl (C=O) groups excluding carboxylic acids is 4. The van der Waals surface area contributed by atoms with Crippen LogP contribution in [0.5, 0.6) is 0 Å². The highest BCUT2D eigenvalue weighted by Crippen LogP contribution is 2.21. The average Bonchev–Trinajstić information content (AvgIpc) is 3.36. The molecule has 456 valence electrons. The summed E-state index contributed by atoms with van der Waals surface area (Å²) in [6.07, 6.45) is 9.79. The van der Waals surface area contributed by atoms with Crippen molar-refractivity contribution in [2.45, 2.75) is 243 Å². The van der Waals surface area contributed by atoms with Gasteiger partial charge in [-0.25, -0.2) is 9.59 Å². The van der Waals surface area contributed by atoms with Crippen LogP contribution < -0.4 is 10.6 Å². The summed E-state index contributed by atoms with van der Waals surface area (Å²) in [7, 11) is 17.8. The number of nitrogens with one attached hydrogen (secondary N) is 2. The molecule has 76 heavy (non-hydrogen) atoms. The molecule has 0 aromatic rings. The van der Waals surface area contributed by atoms with Crippen molar-refractivity contribution in [3.05, 3.63) is 0 Å². The van der Waals surface area contributed by atoms with Crippen LogP contribution in [-0.4, -0.2) is 226 Å². The van der Waals surface area contributed by atoms with E-state index >= 15 is 0 Å². The summed E-state index contributed by atoms with van der Waals surface area (Å²) in [5.41, 5.74) is -0.960. The first kappa shape index (κ1) is 81.8. The number of carboxylic acid groups (broad SMARTS) is 1. The molecule has 0 aromatic carbocycles. The maximum atomic E-state index is 12.6. The lowest BCUT2D eigenvalue weighted by atomic mass is 9.95. The van der Waals surface area contributed by atoms with Crippen molar-refractivity contribution in [3.63, 3.8) is 0 Å². The number of hydrogen-bond donors (Lipinski definition) is 3. The molecule has 2 rings (SSSR count). The second kappa shape index (κ2) is 44.7. The zero-order chi connectivity index (χ0) is 59.4. The molecule has 2 saturated heterocycles. The number of aliphatic carboxylic acids is 1. The van der Waals surface area contributed by atoms with Crippen molar-refractivity contribution in [1.29, 1.82) is 0 Å². The molecule has 17 nitrogen and oxygen atoms in total. The molecule has 2 aliphatic heterocycles. The number of rotatable bonds is 20. The van der Waals surface area contributed by atoms with Gasteiger partial charge in [-0.15, -0.1) is 0 Å². The van der Waals surface area contributed by atoms with Gasteiger partial charge in [0.05, 0.1) is 12.0 Å². The van der Waals surface area contributed by atoms with Gasteiger partial charge in [0.1, 0.15) is 17.5 Å². The fourth-order valence-electron chi connectivity index (χ4n) is 7.22. The number of hydrogen-bond acceptors (Lipinski definition) is 13. The summed E-state index contributed by atoms with van der Waals surface area (Å²) >= 11 is 0. The Hall–Kier alpha value is -3.09. The summed E-state index contributed by atoms with van der Waals surface area (Å²) < 4.78 is 10.5. The molecule has 0 saturated carbocycles. The highest BCUT2D eigenvalue weighted by Gasteiger charge is 2.30. The molecular weight excluding hydrogens is 963 g/mol. The predicted octanol–water partition coefficient (Wildman–Crippen LogP) is 10.2. The number of likely N-dealkylation sites (N-methyl/N-ethyl adjacent to an activating group) is 5. The van der Waals surface area contributed by atoms with Gasteiger partial charge in [0.15, 0.2) is 0 Å². The predicted molar refractivity (Wildman–Crippen MR) is 322 cm³/mol. The fraction of sp³-hybridized carbons (Fsp3) is 0.915. The maximum Gasteiger partial charge on any atom is 0.410 e. The van der Waals surface area contributed by atoms with Gasteiger partial charge >= 0.3 is 18.2 Å². The number of carboxylic acids is 1. The highest BCUT2D eigenvalue weighted by atomic mass is 16.6. The van der Waals surface area contributed by atoms with Gasteiger partial charge in [-0.05, 0) is 209 Å². The lowest BCUT2D eigenvalue weighted by Crippen LogP contribution is -2.48. The van der Waals surface area contributed by atoms with Gasteiger partial charge in [-0.3, -0.25) is 9.59 Å². The standard InChI is InChI=1S/C16H33N3O.C15H32N2O2.C10H19NO3.C7H13NO2.2C5H13N.CH4/c1-7-15(12-18(5)13(2)3)19(6)16(20)14-8-10-17(4)11-9-14;1-9-12(3)16(7)11-13(10-2)17(8)14(18)19-15(4,5)6;1-6-8(7-12)11(5)9(13)14-10(2,3)4;1-8-4-2-6(3-5-8)7(9)10;2*1-4-5(2)6-3;/h13-15H,7-12H2,1-6H3;12-13H,9-11H2,1-8H3;7-8H,6H2,1-5H3;6H,2-5H2,1H3,(H,9,10);2*5-6H,4H2,1-3H3;1H4/t15-;12?,13-;8-;;;;/m111..../s1. The van der Waals surface area contributed by atoms with Crippen LogP contribution in [0.4, 0.5) is 9.59 Å². The first-order valence-corrected chi connectivity index (χ1v) is 28.6. The van der Waals surface area contributed by atoms with Crippen LogP contribution >= 0.6 is 0 Å². The molecule has 2 fully saturated rings. The zero-order valence-electron chi connectivity index (χ0n) is 53.5. The van der Waals surface area contributed by atoms with Gasteiger partial charge < -0.3 is 64.3 Å². The van der Waals surface area contributed by atoms with Crippen molar-refractivity contribution < 1.29 is 38.6 Å². The monoisotopic (exact) mass is 1090 g/mol. The fourth-order valence-corrected chi connectivity index (χ4v) is 7.22. The molecule has 0 radical (unpaired) electrons. The smallest absolute Gasteiger partial charge is 0.410 e. The molecule has 6 atom stereocenters. The van der Waals surface area contributed by atoms with Gasteiger partial charge in [-0.2, -0.15) is 0 Å². The third-order valence-corrected chi connectivity index (χ3v) is 14.4. The van der Waals surface area contributed by atoms with E-state index in [1.807, 2.05) is 67.8 Å². The van der Waals surface area contributed by atoms with Crippen LogP contribution in [0.2, 0.25) is 0 Å². The van der Waals surface area contributed by atoms with Gasteiger partial charge in [0.2, 0.25) is 5.91 Å². The minimum Gasteiger partial charge on any atom is -0.481 e. The third-order valence-electron chi connectivity index (χ3n) is 14.4. The average molecular weight is 1090 g/mol. The highest BCUT2D eigenvalue weighted by molar-refractivity contribution is 5.79. The van der Waals surface area contributed by atoms with Gasteiger partial charge in [0, 0.05) is 76.4 Å². The minimum absolute atomic E-state index is 0. The normalized spacial score (nSPS) is 16.7. The van der Waals surface area contributed by atoms with E-state index in [0.717, 1.165) is 90.5 Å². The van der Waals surface area contributed by atoms with Crippen molar-refractivity contribution in [3.8, 4) is 0 Å². The number of piperidine rings is 2. The Morgan fingerprint density at radius 3 is 1.21 bits per heavy atom. The van der Waals surface area contributed by atoms with Gasteiger partial charge in [0.25, 0.3) is 0 Å². The van der Waals surface area contributed by atoms with Crippen LogP contribution in [0.3, 0.4) is 0 Å². The first-order valence-electron chi connectivity index (χ1n) is 28.6. The van der Waals surface area contributed by atoms with Crippen molar-refractivity contribution in [2.24, 2.45) is 11.8 Å². The Bertz CT molecular complexity index is 1440. The Balaban J connectivity index is -0.000000279. The molecule has 0 aliphatic carbocycles. The Morgan fingerprint density at radius 1 is 0.579 bits per heavy atom. The van der Waals surface area contributed by atoms with E-state index in [1.54, 1.807) is 32.7 Å². The molecule has 3 amide bonds. The molecule has 3 unspecified atom stereocenters. The summed E-state index contributed by atoms with van der Waals surface area (Å²) in [4.78, 5) is 71.4. The lowest BCUT2D eigenvalue weighted by Gasteiger charge is -2.36. The van der Waals surface area contributed by atoms with E-state index in [2.05, 4.69) is 121 Å². The van der Waals surface area contributed by atoms with Crippen molar-refractivity contribution in [2.75, 3.05) is 103 Å². The quantitative estimate of drug-likeness (QED) is 0.0984. The first-order chi connectivity index (χ1) is 34.6. The van der Waals surface area contributed by atoms with Crippen molar-refractivity contribution in [1.82, 2.24) is 44.9 Å². The van der Waals surface area contributed by atoms with E-state index in [-0.39, 0.29) is 31.4 Å².